The highest BCUT2D eigenvalue weighted by molar-refractivity contribution is 5.91. The summed E-state index contributed by atoms with van der Waals surface area (Å²) in [4.78, 5) is 22.4. The second-order valence-corrected chi connectivity index (χ2v) is 5.40. The molecule has 1 rings (SSSR count). The van der Waals surface area contributed by atoms with E-state index >= 15 is 0 Å². The Bertz CT molecular complexity index is 646. The van der Waals surface area contributed by atoms with E-state index in [1.165, 1.54) is 12.3 Å². The lowest BCUT2D eigenvalue weighted by Gasteiger charge is -2.08. The first-order valence-corrected chi connectivity index (χ1v) is 7.74. The normalized spacial score (nSPS) is 12.7. The number of alkyl halides is 6. The van der Waals surface area contributed by atoms with Crippen LogP contribution in [0.3, 0.4) is 0 Å². The van der Waals surface area contributed by atoms with Crippen LogP contribution in [0.1, 0.15) is 25.1 Å². The number of nitrogens with one attached hydrogen (secondary N) is 2. The largest absolute Gasteiger partial charge is 0.408 e. The van der Waals surface area contributed by atoms with Gasteiger partial charge in [-0.15, -0.1) is 0 Å². The number of hydrogen-bond donors (Lipinski definition) is 3. The lowest BCUT2D eigenvalue weighted by atomic mass is 10.2. The molecule has 0 aliphatic carbocycles. The van der Waals surface area contributed by atoms with Crippen LogP contribution in [0.4, 0.5) is 32.2 Å². The predicted molar refractivity (Wildman–Crippen MR) is 84.8 cm³/mol. The van der Waals surface area contributed by atoms with Crippen molar-refractivity contribution in [1.29, 1.82) is 0 Å². The smallest absolute Gasteiger partial charge is 0.370 e. The van der Waals surface area contributed by atoms with Crippen molar-refractivity contribution in [3.8, 4) is 0 Å². The molecule has 0 radical (unpaired) electrons. The van der Waals surface area contributed by atoms with Crippen LogP contribution in [0.2, 0.25) is 0 Å². The van der Waals surface area contributed by atoms with E-state index in [-0.39, 0.29) is 12.2 Å². The Balaban J connectivity index is 2.39. The summed E-state index contributed by atoms with van der Waals surface area (Å²) in [5, 5.41) is 4.16. The number of unbranched alkanes of at least 4 members (excludes halogenated alkanes) is 1. The zero-order valence-electron chi connectivity index (χ0n) is 14.0. The molecule has 0 atom stereocenters. The van der Waals surface area contributed by atoms with Crippen molar-refractivity contribution in [1.82, 2.24) is 15.3 Å². The molecule has 1 aromatic rings. The van der Waals surface area contributed by atoms with Crippen molar-refractivity contribution in [2.24, 2.45) is 10.7 Å². The van der Waals surface area contributed by atoms with Crippen molar-refractivity contribution in [2.75, 3.05) is 18.4 Å². The highest BCUT2D eigenvalue weighted by atomic mass is 19.4. The first kappa shape index (κ1) is 22.4. The molecular formula is C14H18F6N6O. The molecule has 0 bridgehead atoms. The van der Waals surface area contributed by atoms with Gasteiger partial charge in [-0.25, -0.2) is 15.0 Å². The number of rotatable bonds is 8. The zero-order valence-corrected chi connectivity index (χ0v) is 14.0. The summed E-state index contributed by atoms with van der Waals surface area (Å²) in [5.74, 6) is -0.693. The van der Waals surface area contributed by atoms with Gasteiger partial charge in [0.05, 0.1) is 0 Å². The van der Waals surface area contributed by atoms with Crippen molar-refractivity contribution < 1.29 is 31.1 Å². The van der Waals surface area contributed by atoms with Gasteiger partial charge in [-0.05, 0) is 18.9 Å². The van der Waals surface area contributed by atoms with Crippen LogP contribution in [0.15, 0.2) is 17.3 Å². The number of hydrogen-bond acceptors (Lipinski definition) is 4. The third-order valence-corrected chi connectivity index (χ3v) is 2.93. The molecule has 1 heterocycles. The number of nitrogens with zero attached hydrogens (tertiary/aromatic N) is 3. The number of aryl methyl sites for hydroxylation is 1. The maximum atomic E-state index is 12.1. The van der Waals surface area contributed by atoms with Gasteiger partial charge in [0.15, 0.2) is 5.96 Å². The molecule has 1 aromatic heterocycles. The molecule has 4 N–H and O–H groups in total. The first-order chi connectivity index (χ1) is 12.4. The standard InChI is InChI=1S/C14H18F6N6O/c15-13(16,17)7-23-11(27)4-2-1-3-9-22-6-5-10(25-9)26-12(21)24-8-14(18,19)20/h5-6H,1-4,7-8H2,(H,23,27)(H3,21,22,24,25,26). The quantitative estimate of drug-likeness (QED) is 0.268. The van der Waals surface area contributed by atoms with Gasteiger partial charge in [-0.1, -0.05) is 0 Å². The van der Waals surface area contributed by atoms with Gasteiger partial charge in [-0.2, -0.15) is 26.3 Å². The first-order valence-electron chi connectivity index (χ1n) is 7.74. The van der Waals surface area contributed by atoms with Crippen LogP contribution >= 0.6 is 0 Å². The molecule has 0 aliphatic heterocycles. The molecule has 0 aromatic carbocycles. The molecule has 7 nitrogen and oxygen atoms in total. The SMILES string of the molecule is NC(=NCC(F)(F)F)Nc1ccnc(CCCCC(=O)NCC(F)(F)F)n1. The number of halogens is 6. The van der Waals surface area contributed by atoms with E-state index in [1.54, 1.807) is 5.32 Å². The van der Waals surface area contributed by atoms with Crippen molar-refractivity contribution in [2.45, 2.75) is 38.0 Å². The molecule has 0 fully saturated rings. The van der Waals surface area contributed by atoms with Crippen LogP contribution in [-0.4, -0.2) is 47.3 Å². The number of aliphatic imine (C=N–C) groups is 1. The molecule has 0 unspecified atom stereocenters. The number of nitrogens with two attached hydrogens (primary N) is 1. The Kier molecular flexibility index (Phi) is 8.25. The fourth-order valence-corrected chi connectivity index (χ4v) is 1.79. The van der Waals surface area contributed by atoms with Gasteiger partial charge in [0.2, 0.25) is 5.91 Å². The number of carbonyl (C=O) groups is 1. The second-order valence-electron chi connectivity index (χ2n) is 5.40. The molecule has 13 heteroatoms. The van der Waals surface area contributed by atoms with E-state index in [9.17, 15) is 31.1 Å². The van der Waals surface area contributed by atoms with E-state index in [2.05, 4.69) is 20.3 Å². The van der Waals surface area contributed by atoms with Crippen molar-refractivity contribution in [3.63, 3.8) is 0 Å². The minimum Gasteiger partial charge on any atom is -0.370 e. The van der Waals surface area contributed by atoms with E-state index in [0.29, 0.717) is 25.1 Å². The van der Waals surface area contributed by atoms with Gasteiger partial charge in [-0.3, -0.25) is 4.79 Å². The van der Waals surface area contributed by atoms with E-state index in [0.717, 1.165) is 0 Å². The number of carbonyl (C=O) groups excluding carboxylic acids is 1. The average molecular weight is 400 g/mol. The van der Waals surface area contributed by atoms with E-state index in [4.69, 9.17) is 5.73 Å². The number of anilines is 1. The second kappa shape index (κ2) is 9.92. The Morgan fingerprint density at radius 2 is 1.85 bits per heavy atom. The van der Waals surface area contributed by atoms with Crippen LogP contribution in [0.25, 0.3) is 0 Å². The fraction of sp³-hybridized carbons (Fsp3) is 0.571. The van der Waals surface area contributed by atoms with Gasteiger partial charge in [0.25, 0.3) is 0 Å². The molecule has 0 saturated carbocycles. The summed E-state index contributed by atoms with van der Waals surface area (Å²) in [5.41, 5.74) is 5.33. The van der Waals surface area contributed by atoms with Gasteiger partial charge in [0.1, 0.15) is 24.7 Å². The predicted octanol–water partition coefficient (Wildman–Crippen LogP) is 2.16. The summed E-state index contributed by atoms with van der Waals surface area (Å²) in [6.45, 7) is -2.81. The number of amides is 1. The third-order valence-electron chi connectivity index (χ3n) is 2.93. The molecular weight excluding hydrogens is 382 g/mol. The fourth-order valence-electron chi connectivity index (χ4n) is 1.79. The zero-order chi connectivity index (χ0) is 20.5. The average Bonchev–Trinajstić information content (AvgIpc) is 2.54. The minimum absolute atomic E-state index is 0.0783. The van der Waals surface area contributed by atoms with E-state index < -0.39 is 37.3 Å². The number of guanidine groups is 1. The molecule has 0 aliphatic rings. The molecule has 27 heavy (non-hydrogen) atoms. The summed E-state index contributed by atoms with van der Waals surface area (Å²) in [6.07, 6.45) is -6.58. The summed E-state index contributed by atoms with van der Waals surface area (Å²) in [7, 11) is 0. The maximum absolute atomic E-state index is 12.1. The molecule has 1 amide bonds. The number of aromatic nitrogens is 2. The van der Waals surface area contributed by atoms with Crippen LogP contribution in [-0.2, 0) is 11.2 Å². The summed E-state index contributed by atoms with van der Waals surface area (Å²) < 4.78 is 72.0. The lowest BCUT2D eigenvalue weighted by Crippen LogP contribution is -2.33. The topological polar surface area (TPSA) is 105 Å². The Labute approximate surface area is 150 Å². The van der Waals surface area contributed by atoms with Crippen LogP contribution < -0.4 is 16.4 Å². The third kappa shape index (κ3) is 11.6. The van der Waals surface area contributed by atoms with Gasteiger partial charge < -0.3 is 16.4 Å². The van der Waals surface area contributed by atoms with Gasteiger partial charge >= 0.3 is 12.4 Å². The van der Waals surface area contributed by atoms with Crippen LogP contribution in [0, 0.1) is 0 Å². The van der Waals surface area contributed by atoms with Crippen LogP contribution in [0.5, 0.6) is 0 Å². The monoisotopic (exact) mass is 400 g/mol. The highest BCUT2D eigenvalue weighted by Crippen LogP contribution is 2.14. The van der Waals surface area contributed by atoms with Crippen molar-refractivity contribution in [3.05, 3.63) is 18.1 Å². The highest BCUT2D eigenvalue weighted by Gasteiger charge is 2.27. The maximum Gasteiger partial charge on any atom is 0.408 e. The van der Waals surface area contributed by atoms with E-state index in [1.807, 2.05) is 0 Å². The van der Waals surface area contributed by atoms with Crippen molar-refractivity contribution >= 4 is 17.7 Å². The molecule has 0 spiro atoms. The Hall–Kier alpha value is -2.60. The minimum atomic E-state index is -4.48. The molecule has 152 valence electrons. The Morgan fingerprint density at radius 1 is 1.15 bits per heavy atom. The van der Waals surface area contributed by atoms with Gasteiger partial charge in [0, 0.05) is 19.0 Å². The summed E-state index contributed by atoms with van der Waals surface area (Å²) >= 11 is 0. The molecule has 0 saturated heterocycles. The Morgan fingerprint density at radius 3 is 2.48 bits per heavy atom. The summed E-state index contributed by atoms with van der Waals surface area (Å²) in [6, 6.07) is 1.38. The lowest BCUT2D eigenvalue weighted by molar-refractivity contribution is -0.138.